The van der Waals surface area contributed by atoms with Gasteiger partial charge >= 0.3 is 0 Å². The fourth-order valence-corrected chi connectivity index (χ4v) is 1.35. The second-order valence-corrected chi connectivity index (χ2v) is 5.23. The summed E-state index contributed by atoms with van der Waals surface area (Å²) in [6.07, 6.45) is 1.40. The van der Waals surface area contributed by atoms with Crippen molar-refractivity contribution in [3.05, 3.63) is 18.0 Å². The summed E-state index contributed by atoms with van der Waals surface area (Å²) in [4.78, 5) is 0. The molecule has 0 unspecified atom stereocenters. The van der Waals surface area contributed by atoms with E-state index < -0.39 is 15.3 Å². The average Bonchev–Trinajstić information content (AvgIpc) is 2.52. The van der Waals surface area contributed by atoms with Crippen LogP contribution in [-0.2, 0) is 16.6 Å². The highest BCUT2D eigenvalue weighted by Crippen LogP contribution is 1.99. The first-order chi connectivity index (χ1) is 6.02. The normalized spacial score (nSPS) is 12.2. The zero-order chi connectivity index (χ0) is 9.90. The molecule has 0 bridgehead atoms. The third-order valence-corrected chi connectivity index (χ3v) is 3.35. The van der Waals surface area contributed by atoms with Crippen LogP contribution in [0.4, 0.5) is 0 Å². The molecule has 0 saturated heterocycles. The summed E-state index contributed by atoms with van der Waals surface area (Å²) in [7, 11) is -3.21. The predicted octanol–water partition coefficient (Wildman–Crippen LogP) is 0.502. The van der Waals surface area contributed by atoms with Crippen molar-refractivity contribution in [1.29, 1.82) is 0 Å². The molecule has 0 radical (unpaired) electrons. The fourth-order valence-electron chi connectivity index (χ4n) is 0.670. The van der Waals surface area contributed by atoms with Gasteiger partial charge in [0, 0.05) is 6.07 Å². The summed E-state index contributed by atoms with van der Waals surface area (Å²) >= 11 is 0. The molecule has 0 spiro atoms. The molecular weight excluding hydrogens is 192 g/mol. The first-order valence-corrected chi connectivity index (χ1v) is 5.45. The highest BCUT2D eigenvalue weighted by atomic mass is 32.2. The minimum atomic E-state index is -3.21. The van der Waals surface area contributed by atoms with Crippen LogP contribution in [0.1, 0.15) is 19.5 Å². The van der Waals surface area contributed by atoms with Crippen LogP contribution >= 0.6 is 0 Å². The maximum absolute atomic E-state index is 11.3. The molecule has 0 aromatic carbocycles. The molecule has 5 nitrogen and oxygen atoms in total. The molecule has 6 heteroatoms. The topological polar surface area (TPSA) is 72.2 Å². The van der Waals surface area contributed by atoms with E-state index in [4.69, 9.17) is 0 Å². The van der Waals surface area contributed by atoms with Crippen molar-refractivity contribution in [2.45, 2.75) is 25.6 Å². The van der Waals surface area contributed by atoms with Gasteiger partial charge in [-0.2, -0.15) is 0 Å². The lowest BCUT2D eigenvalue weighted by molar-refractivity contribution is 0.410. The number of sulfonamides is 1. The van der Waals surface area contributed by atoms with Gasteiger partial charge in [0.1, 0.15) is 6.26 Å². The Balaban J connectivity index is 2.53. The van der Waals surface area contributed by atoms with Gasteiger partial charge < -0.3 is 4.52 Å². The van der Waals surface area contributed by atoms with Crippen LogP contribution in [0.2, 0.25) is 0 Å². The molecule has 0 saturated carbocycles. The number of rotatable bonds is 4. The van der Waals surface area contributed by atoms with E-state index in [0.29, 0.717) is 5.69 Å². The summed E-state index contributed by atoms with van der Waals surface area (Å²) in [6.45, 7) is 3.41. The molecule has 1 N–H and O–H groups in total. The van der Waals surface area contributed by atoms with E-state index in [1.165, 1.54) is 6.26 Å². The van der Waals surface area contributed by atoms with E-state index in [9.17, 15) is 8.42 Å². The third-order valence-electron chi connectivity index (χ3n) is 1.57. The SMILES string of the molecule is CC(C)S(=O)(=O)NCc1ccon1. The van der Waals surface area contributed by atoms with E-state index in [1.54, 1.807) is 19.9 Å². The molecule has 74 valence electrons. The van der Waals surface area contributed by atoms with Gasteiger partial charge in [0.05, 0.1) is 17.5 Å². The number of hydrogen-bond donors (Lipinski definition) is 1. The summed E-state index contributed by atoms with van der Waals surface area (Å²) in [5.74, 6) is 0. The summed E-state index contributed by atoms with van der Waals surface area (Å²) in [6, 6.07) is 1.61. The molecule has 1 heterocycles. The summed E-state index contributed by atoms with van der Waals surface area (Å²) < 4.78 is 29.5. The van der Waals surface area contributed by atoms with Crippen LogP contribution in [0.3, 0.4) is 0 Å². The fraction of sp³-hybridized carbons (Fsp3) is 0.571. The van der Waals surface area contributed by atoms with Gasteiger partial charge in [-0.25, -0.2) is 13.1 Å². The van der Waals surface area contributed by atoms with Crippen molar-refractivity contribution in [2.24, 2.45) is 0 Å². The van der Waals surface area contributed by atoms with E-state index in [0.717, 1.165) is 0 Å². The first-order valence-electron chi connectivity index (χ1n) is 3.90. The standard InChI is InChI=1S/C7H12N2O3S/c1-6(2)13(10,11)8-5-7-3-4-12-9-7/h3-4,6,8H,5H2,1-2H3. The van der Waals surface area contributed by atoms with E-state index >= 15 is 0 Å². The van der Waals surface area contributed by atoms with Crippen LogP contribution in [-0.4, -0.2) is 18.8 Å². The monoisotopic (exact) mass is 204 g/mol. The van der Waals surface area contributed by atoms with Crippen LogP contribution in [0.5, 0.6) is 0 Å². The Bertz CT molecular complexity index is 342. The second kappa shape index (κ2) is 3.89. The number of aromatic nitrogens is 1. The van der Waals surface area contributed by atoms with Gasteiger partial charge in [-0.1, -0.05) is 5.16 Å². The number of nitrogens with one attached hydrogen (secondary N) is 1. The molecule has 0 aliphatic heterocycles. The molecular formula is C7H12N2O3S. The molecule has 13 heavy (non-hydrogen) atoms. The van der Waals surface area contributed by atoms with Crippen molar-refractivity contribution in [3.8, 4) is 0 Å². The van der Waals surface area contributed by atoms with E-state index in [2.05, 4.69) is 14.4 Å². The van der Waals surface area contributed by atoms with Crippen LogP contribution in [0.15, 0.2) is 16.9 Å². The Labute approximate surface area is 77.2 Å². The average molecular weight is 204 g/mol. The Morgan fingerprint density at radius 1 is 1.62 bits per heavy atom. The van der Waals surface area contributed by atoms with Crippen molar-refractivity contribution in [1.82, 2.24) is 9.88 Å². The third kappa shape index (κ3) is 2.82. The predicted molar refractivity (Wildman–Crippen MR) is 47.4 cm³/mol. The van der Waals surface area contributed by atoms with Crippen LogP contribution in [0, 0.1) is 0 Å². The van der Waals surface area contributed by atoms with Crippen molar-refractivity contribution in [3.63, 3.8) is 0 Å². The van der Waals surface area contributed by atoms with Crippen molar-refractivity contribution in [2.75, 3.05) is 0 Å². The summed E-state index contributed by atoms with van der Waals surface area (Å²) in [5, 5.41) is 3.15. The van der Waals surface area contributed by atoms with E-state index in [1.807, 2.05) is 0 Å². The van der Waals surface area contributed by atoms with E-state index in [-0.39, 0.29) is 6.54 Å². The highest BCUT2D eigenvalue weighted by Gasteiger charge is 2.15. The summed E-state index contributed by atoms with van der Waals surface area (Å²) in [5.41, 5.74) is 0.573. The zero-order valence-corrected chi connectivity index (χ0v) is 8.34. The molecule has 1 aromatic rings. The maximum Gasteiger partial charge on any atom is 0.214 e. The van der Waals surface area contributed by atoms with Crippen molar-refractivity contribution >= 4 is 10.0 Å². The van der Waals surface area contributed by atoms with Crippen molar-refractivity contribution < 1.29 is 12.9 Å². The quantitative estimate of drug-likeness (QED) is 0.775. The van der Waals surface area contributed by atoms with Gasteiger partial charge in [-0.15, -0.1) is 0 Å². The molecule has 0 aliphatic carbocycles. The molecule has 1 rings (SSSR count). The van der Waals surface area contributed by atoms with Gasteiger partial charge in [0.2, 0.25) is 10.0 Å². The Kier molecular flexibility index (Phi) is 3.05. The van der Waals surface area contributed by atoms with Crippen LogP contribution in [0.25, 0.3) is 0 Å². The molecule has 0 aliphatic rings. The Morgan fingerprint density at radius 2 is 2.31 bits per heavy atom. The minimum Gasteiger partial charge on any atom is -0.364 e. The largest absolute Gasteiger partial charge is 0.364 e. The molecule has 0 atom stereocenters. The molecule has 0 fully saturated rings. The first kappa shape index (κ1) is 10.2. The lowest BCUT2D eigenvalue weighted by Crippen LogP contribution is -2.30. The Hall–Kier alpha value is -0.880. The zero-order valence-electron chi connectivity index (χ0n) is 7.52. The smallest absolute Gasteiger partial charge is 0.214 e. The number of nitrogens with zero attached hydrogens (tertiary/aromatic N) is 1. The second-order valence-electron chi connectivity index (χ2n) is 2.91. The molecule has 0 amide bonds. The molecule has 1 aromatic heterocycles. The van der Waals surface area contributed by atoms with Gasteiger partial charge in [0.25, 0.3) is 0 Å². The highest BCUT2D eigenvalue weighted by molar-refractivity contribution is 7.90. The number of hydrogen-bond acceptors (Lipinski definition) is 4. The van der Waals surface area contributed by atoms with Gasteiger partial charge in [-0.3, -0.25) is 0 Å². The maximum atomic E-state index is 11.3. The lowest BCUT2D eigenvalue weighted by atomic mass is 10.5. The minimum absolute atomic E-state index is 0.178. The lowest BCUT2D eigenvalue weighted by Gasteiger charge is -2.07. The van der Waals surface area contributed by atoms with Crippen LogP contribution < -0.4 is 4.72 Å². The van der Waals surface area contributed by atoms with Gasteiger partial charge in [0.15, 0.2) is 0 Å². The van der Waals surface area contributed by atoms with Gasteiger partial charge in [-0.05, 0) is 13.8 Å². The Morgan fingerprint density at radius 3 is 2.77 bits per heavy atom.